The molecule has 1 aliphatic carbocycles. The quantitative estimate of drug-likeness (QED) is 0.169. The lowest BCUT2D eigenvalue weighted by Crippen LogP contribution is -2.80. The first-order valence-corrected chi connectivity index (χ1v) is 18.8. The molecule has 0 spiro atoms. The number of alkyl halides is 2. The number of ether oxygens (including phenoxy) is 4. The van der Waals surface area contributed by atoms with Gasteiger partial charge in [0.25, 0.3) is 0 Å². The Bertz CT molecular complexity index is 1690. The number of carbonyl (C=O) groups excluding carboxylic acids is 4. The van der Waals surface area contributed by atoms with Crippen molar-refractivity contribution < 1.29 is 43.2 Å². The zero-order valence-electron chi connectivity index (χ0n) is 29.6. The maximum atomic E-state index is 13.4. The van der Waals surface area contributed by atoms with Crippen molar-refractivity contribution in [3.8, 4) is 5.75 Å². The molecule has 4 heterocycles. The highest BCUT2D eigenvalue weighted by Gasteiger charge is 2.80. The van der Waals surface area contributed by atoms with E-state index < -0.39 is 52.2 Å². The third-order valence-corrected chi connectivity index (χ3v) is 12.2. The van der Waals surface area contributed by atoms with Gasteiger partial charge in [-0.1, -0.05) is 54.6 Å². The molecule has 0 saturated carbocycles. The van der Waals surface area contributed by atoms with Crippen molar-refractivity contribution in [3.05, 3.63) is 77.9 Å². The highest BCUT2D eigenvalue weighted by molar-refractivity contribution is 6.18. The zero-order valence-corrected chi connectivity index (χ0v) is 31.2. The number of aliphatic hydroxyl groups excluding tert-OH is 1. The number of fused-ring (bicyclic) bond motifs is 2. The predicted octanol–water partition coefficient (Wildman–Crippen LogP) is 4.69. The molecule has 8 atom stereocenters. The second-order valence-electron chi connectivity index (χ2n) is 14.4. The van der Waals surface area contributed by atoms with E-state index in [0.29, 0.717) is 31.2 Å². The molecule has 52 heavy (non-hydrogen) atoms. The van der Waals surface area contributed by atoms with Gasteiger partial charge in [-0.3, -0.25) is 9.59 Å². The lowest BCUT2D eigenvalue weighted by molar-refractivity contribution is -0.243. The van der Waals surface area contributed by atoms with Crippen LogP contribution in [0, 0.1) is 17.8 Å². The average Bonchev–Trinajstić information content (AvgIpc) is 3.41. The molecule has 4 fully saturated rings. The molecule has 11 nitrogen and oxygen atoms in total. The molecule has 2 amide bonds. The minimum Gasteiger partial charge on any atom is -0.497 e. The van der Waals surface area contributed by atoms with Gasteiger partial charge in [-0.15, -0.1) is 23.2 Å². The summed E-state index contributed by atoms with van der Waals surface area (Å²) in [7, 11) is 1.60. The SMILES string of the molecule is COc1ccc(CN2C(=O)C(CCCl)[C@@]3(C)OC(=O)C23COCc2ccccc2)cc1.C[C@]12OC(=O)C1([C@H](O)[C@H]1C=CCCC1)NC(=O)C2CCCl. The summed E-state index contributed by atoms with van der Waals surface area (Å²) >= 11 is 11.8. The van der Waals surface area contributed by atoms with E-state index in [1.165, 1.54) is 0 Å². The number of carbonyl (C=O) groups is 4. The second-order valence-corrected chi connectivity index (χ2v) is 15.2. The summed E-state index contributed by atoms with van der Waals surface area (Å²) in [6.07, 6.45) is 6.61. The van der Waals surface area contributed by atoms with Crippen molar-refractivity contribution in [2.75, 3.05) is 25.5 Å². The van der Waals surface area contributed by atoms with Crippen LogP contribution < -0.4 is 10.1 Å². The number of esters is 2. The van der Waals surface area contributed by atoms with Gasteiger partial charge in [0.05, 0.1) is 38.3 Å². The molecule has 4 saturated heterocycles. The molecule has 280 valence electrons. The van der Waals surface area contributed by atoms with Crippen LogP contribution in [0.1, 0.15) is 57.1 Å². The maximum Gasteiger partial charge on any atom is 0.339 e. The first-order chi connectivity index (χ1) is 24.9. The Hall–Kier alpha value is -3.64. The molecule has 2 aromatic carbocycles. The van der Waals surface area contributed by atoms with Gasteiger partial charge in [-0.2, -0.15) is 0 Å². The van der Waals surface area contributed by atoms with E-state index in [4.69, 9.17) is 42.1 Å². The number of methoxy groups -OCH3 is 1. The Morgan fingerprint density at radius 3 is 2.19 bits per heavy atom. The van der Waals surface area contributed by atoms with Crippen LogP contribution in [0.15, 0.2) is 66.7 Å². The number of nitrogens with one attached hydrogen (secondary N) is 1. The van der Waals surface area contributed by atoms with Gasteiger partial charge in [-0.25, -0.2) is 9.59 Å². The fraction of sp³-hybridized carbons (Fsp3) is 0.538. The number of hydrogen-bond acceptors (Lipinski definition) is 9. The zero-order chi connectivity index (χ0) is 37.3. The Balaban J connectivity index is 0.000000192. The topological polar surface area (TPSA) is 141 Å². The van der Waals surface area contributed by atoms with Crippen molar-refractivity contribution in [1.82, 2.24) is 10.2 Å². The molecular formula is C39H46Cl2N2O9. The number of allylic oxidation sites excluding steroid dienone is 1. The molecule has 5 aliphatic rings. The van der Waals surface area contributed by atoms with E-state index in [9.17, 15) is 24.3 Å². The van der Waals surface area contributed by atoms with Gasteiger partial charge >= 0.3 is 11.9 Å². The normalized spacial score (nSPS) is 33.3. The van der Waals surface area contributed by atoms with Crippen molar-refractivity contribution in [3.63, 3.8) is 0 Å². The monoisotopic (exact) mass is 756 g/mol. The highest BCUT2D eigenvalue weighted by Crippen LogP contribution is 2.56. The third-order valence-electron chi connectivity index (χ3n) is 11.7. The van der Waals surface area contributed by atoms with E-state index in [2.05, 4.69) is 5.32 Å². The van der Waals surface area contributed by atoms with Gasteiger partial charge in [0, 0.05) is 24.2 Å². The number of rotatable bonds is 13. The fourth-order valence-electron chi connectivity index (χ4n) is 8.66. The molecule has 2 N–H and O–H groups in total. The number of amides is 2. The lowest BCUT2D eigenvalue weighted by atomic mass is 9.64. The Kier molecular flexibility index (Phi) is 11.0. The molecule has 13 heteroatoms. The van der Waals surface area contributed by atoms with Crippen LogP contribution in [0.4, 0.5) is 0 Å². The highest BCUT2D eigenvalue weighted by atomic mass is 35.5. The average molecular weight is 758 g/mol. The standard InChI is InChI=1S/C24H26ClNO5.C15H20ClNO4/c1-23-20(12-13-25)21(27)26(14-17-8-10-19(29-2)11-9-17)24(23,22(28)31-23)16-30-15-18-6-4-3-5-7-18;1-14-10(7-8-16)12(19)17-15(14,13(20)21-14)11(18)9-5-3-2-4-6-9/h3-11,20H,12-16H2,1-2H3;3,5,9-11,18H,2,4,6-8H2,1H3,(H,17,19)/t20?,23-,24?;9-,10?,11+,14+,15?/m10/s1. The third kappa shape index (κ3) is 5.97. The van der Waals surface area contributed by atoms with E-state index in [0.717, 1.165) is 36.1 Å². The number of benzene rings is 2. The minimum absolute atomic E-state index is 0.0674. The largest absolute Gasteiger partial charge is 0.497 e. The molecule has 0 bridgehead atoms. The summed E-state index contributed by atoms with van der Waals surface area (Å²) in [4.78, 5) is 52.4. The summed E-state index contributed by atoms with van der Waals surface area (Å²) in [5.74, 6) is -1.16. The van der Waals surface area contributed by atoms with E-state index >= 15 is 0 Å². The molecule has 2 aromatic rings. The number of halogens is 2. The van der Waals surface area contributed by atoms with Gasteiger partial charge in [0.15, 0.2) is 11.2 Å². The molecular weight excluding hydrogens is 711 g/mol. The second kappa shape index (κ2) is 15.0. The molecule has 0 aromatic heterocycles. The molecule has 4 unspecified atom stereocenters. The van der Waals surface area contributed by atoms with Crippen LogP contribution in [-0.2, 0) is 46.5 Å². The summed E-state index contributed by atoms with van der Waals surface area (Å²) < 4.78 is 22.2. The van der Waals surface area contributed by atoms with Crippen LogP contribution >= 0.6 is 23.2 Å². The maximum absolute atomic E-state index is 13.4. The Labute approximate surface area is 313 Å². The van der Waals surface area contributed by atoms with Gasteiger partial charge in [0.2, 0.25) is 22.9 Å². The van der Waals surface area contributed by atoms with Crippen molar-refractivity contribution >= 4 is 47.0 Å². The fourth-order valence-corrected chi connectivity index (χ4v) is 9.10. The predicted molar refractivity (Wildman–Crippen MR) is 192 cm³/mol. The van der Waals surface area contributed by atoms with E-state index in [1.54, 1.807) is 18.9 Å². The van der Waals surface area contributed by atoms with Crippen LogP contribution in [0.3, 0.4) is 0 Å². The van der Waals surface area contributed by atoms with Gasteiger partial charge in [0.1, 0.15) is 5.75 Å². The molecule has 4 aliphatic heterocycles. The molecule has 0 radical (unpaired) electrons. The number of aliphatic hydroxyl groups is 1. The molecule has 7 rings (SSSR count). The van der Waals surface area contributed by atoms with Crippen LogP contribution in [0.25, 0.3) is 0 Å². The number of likely N-dealkylation sites (tertiary alicyclic amines) is 1. The summed E-state index contributed by atoms with van der Waals surface area (Å²) in [6.45, 7) is 4.23. The Morgan fingerprint density at radius 2 is 1.60 bits per heavy atom. The number of hydrogen-bond donors (Lipinski definition) is 2. The minimum atomic E-state index is -1.33. The van der Waals surface area contributed by atoms with Crippen molar-refractivity contribution in [2.24, 2.45) is 17.8 Å². The van der Waals surface area contributed by atoms with E-state index in [1.807, 2.05) is 73.7 Å². The summed E-state index contributed by atoms with van der Waals surface area (Å²) in [6, 6.07) is 17.2. The van der Waals surface area contributed by atoms with Crippen LogP contribution in [0.2, 0.25) is 0 Å². The Morgan fingerprint density at radius 1 is 0.923 bits per heavy atom. The van der Waals surface area contributed by atoms with Crippen molar-refractivity contribution in [2.45, 2.75) is 87.5 Å². The summed E-state index contributed by atoms with van der Waals surface area (Å²) in [5, 5.41) is 13.5. The van der Waals surface area contributed by atoms with Crippen molar-refractivity contribution in [1.29, 1.82) is 0 Å². The first kappa shape index (κ1) is 38.1. The smallest absolute Gasteiger partial charge is 0.339 e. The lowest BCUT2D eigenvalue weighted by Gasteiger charge is -2.54. The summed E-state index contributed by atoms with van der Waals surface area (Å²) in [5.41, 5.74) is -2.59. The van der Waals surface area contributed by atoms with Crippen LogP contribution in [-0.4, -0.2) is 87.6 Å². The number of nitrogens with zero attached hydrogens (tertiary/aromatic N) is 1. The van der Waals surface area contributed by atoms with Gasteiger partial charge in [-0.05, 0) is 69.2 Å². The van der Waals surface area contributed by atoms with E-state index in [-0.39, 0.29) is 30.9 Å². The van der Waals surface area contributed by atoms with Gasteiger partial charge < -0.3 is 34.3 Å². The van der Waals surface area contributed by atoms with Crippen LogP contribution in [0.5, 0.6) is 5.75 Å². The first-order valence-electron chi connectivity index (χ1n) is 17.7.